The number of hydrogen-bond donors (Lipinski definition) is 0. The van der Waals surface area contributed by atoms with Crippen molar-refractivity contribution in [2.24, 2.45) is 0 Å². The van der Waals surface area contributed by atoms with Crippen LogP contribution in [0.2, 0.25) is 0 Å². The Morgan fingerprint density at radius 2 is 1.82 bits per heavy atom. The Kier molecular flexibility index (Phi) is 3.32. The smallest absolute Gasteiger partial charge is 0.406 e. The lowest BCUT2D eigenvalue weighted by Gasteiger charge is -2.09. The van der Waals surface area contributed by atoms with E-state index in [4.69, 9.17) is 4.42 Å². The van der Waals surface area contributed by atoms with Crippen LogP contribution in [-0.4, -0.2) is 11.3 Å². The average molecular weight is 307 g/mol. The van der Waals surface area contributed by atoms with Gasteiger partial charge in [-0.3, -0.25) is 0 Å². The highest BCUT2D eigenvalue weighted by molar-refractivity contribution is 5.78. The van der Waals surface area contributed by atoms with Crippen molar-refractivity contribution in [1.29, 1.82) is 0 Å². The first-order valence-corrected chi connectivity index (χ1v) is 6.18. The Balaban J connectivity index is 2.08. The molecule has 7 heteroatoms. The number of para-hydroxylation sites is 1. The highest BCUT2D eigenvalue weighted by atomic mass is 19.4. The van der Waals surface area contributed by atoms with Gasteiger partial charge in [0.25, 0.3) is 0 Å². The molecule has 3 rings (SSSR count). The van der Waals surface area contributed by atoms with Gasteiger partial charge in [0, 0.05) is 5.56 Å². The molecular weight excluding hydrogens is 299 g/mol. The number of ether oxygens (including phenoxy) is 1. The molecule has 0 saturated carbocycles. The molecule has 0 aliphatic heterocycles. The van der Waals surface area contributed by atoms with Crippen LogP contribution in [0.25, 0.3) is 22.4 Å². The number of benzene rings is 2. The highest BCUT2D eigenvalue weighted by Gasteiger charge is 2.31. The van der Waals surface area contributed by atoms with Crippen LogP contribution < -0.4 is 10.4 Å². The zero-order chi connectivity index (χ0) is 15.7. The van der Waals surface area contributed by atoms with E-state index in [0.717, 1.165) is 12.1 Å². The largest absolute Gasteiger partial charge is 0.573 e. The van der Waals surface area contributed by atoms with Crippen LogP contribution in [-0.2, 0) is 0 Å². The maximum absolute atomic E-state index is 12.2. The van der Waals surface area contributed by atoms with Crippen LogP contribution in [0.1, 0.15) is 0 Å². The molecule has 2 aromatic carbocycles. The molecule has 22 heavy (non-hydrogen) atoms. The van der Waals surface area contributed by atoms with E-state index >= 15 is 0 Å². The molecule has 0 radical (unpaired) electrons. The third kappa shape index (κ3) is 2.93. The highest BCUT2D eigenvalue weighted by Crippen LogP contribution is 2.27. The number of aromatic nitrogens is 1. The summed E-state index contributed by atoms with van der Waals surface area (Å²) in [5.74, 6) is -0.487. The Morgan fingerprint density at radius 1 is 1.05 bits per heavy atom. The minimum absolute atomic E-state index is 0.0728. The summed E-state index contributed by atoms with van der Waals surface area (Å²) in [4.78, 5) is 16.0. The third-order valence-corrected chi connectivity index (χ3v) is 2.85. The molecule has 4 nitrogen and oxygen atoms in total. The summed E-state index contributed by atoms with van der Waals surface area (Å²) < 4.78 is 45.6. The van der Waals surface area contributed by atoms with Crippen molar-refractivity contribution < 1.29 is 22.3 Å². The van der Waals surface area contributed by atoms with Crippen LogP contribution in [0, 0.1) is 0 Å². The van der Waals surface area contributed by atoms with E-state index < -0.39 is 17.7 Å². The minimum Gasteiger partial charge on any atom is -0.406 e. The number of hydrogen-bond acceptors (Lipinski definition) is 4. The molecule has 0 bridgehead atoms. The van der Waals surface area contributed by atoms with Crippen LogP contribution in [0.5, 0.6) is 5.75 Å². The molecule has 112 valence electrons. The normalized spacial score (nSPS) is 11.6. The number of halogens is 3. The Labute approximate surface area is 121 Å². The quantitative estimate of drug-likeness (QED) is 0.723. The first-order valence-electron chi connectivity index (χ1n) is 6.18. The average Bonchev–Trinajstić information content (AvgIpc) is 2.46. The molecule has 0 N–H and O–H groups in total. The fourth-order valence-corrected chi connectivity index (χ4v) is 1.97. The second-order valence-corrected chi connectivity index (χ2v) is 4.40. The monoisotopic (exact) mass is 307 g/mol. The molecule has 0 aliphatic carbocycles. The minimum atomic E-state index is -4.80. The van der Waals surface area contributed by atoms with Crippen molar-refractivity contribution in [3.8, 4) is 17.2 Å². The molecule has 1 heterocycles. The van der Waals surface area contributed by atoms with Crippen LogP contribution in [0.3, 0.4) is 0 Å². The zero-order valence-corrected chi connectivity index (χ0v) is 10.9. The molecule has 0 amide bonds. The predicted molar refractivity (Wildman–Crippen MR) is 72.4 cm³/mol. The van der Waals surface area contributed by atoms with E-state index in [1.165, 1.54) is 12.1 Å². The summed E-state index contributed by atoms with van der Waals surface area (Å²) in [6.45, 7) is 0. The van der Waals surface area contributed by atoms with Crippen LogP contribution in [0.15, 0.2) is 57.7 Å². The summed E-state index contributed by atoms with van der Waals surface area (Å²) >= 11 is 0. The van der Waals surface area contributed by atoms with Gasteiger partial charge < -0.3 is 9.15 Å². The maximum Gasteiger partial charge on any atom is 0.573 e. The second-order valence-electron chi connectivity index (χ2n) is 4.40. The first kappa shape index (κ1) is 14.1. The lowest BCUT2D eigenvalue weighted by atomic mass is 10.2. The van der Waals surface area contributed by atoms with Crippen molar-refractivity contribution in [2.45, 2.75) is 6.36 Å². The van der Waals surface area contributed by atoms with E-state index in [9.17, 15) is 18.0 Å². The zero-order valence-electron chi connectivity index (χ0n) is 10.9. The van der Waals surface area contributed by atoms with Crippen LogP contribution in [0.4, 0.5) is 13.2 Å². The Bertz CT molecular complexity index is 887. The topological polar surface area (TPSA) is 52.3 Å². The van der Waals surface area contributed by atoms with E-state index in [0.29, 0.717) is 10.9 Å². The number of rotatable bonds is 2. The number of fused-ring (bicyclic) bond motifs is 1. The Hall–Kier alpha value is -2.83. The van der Waals surface area contributed by atoms with Gasteiger partial charge in [0.2, 0.25) is 5.89 Å². The van der Waals surface area contributed by atoms with Crippen LogP contribution >= 0.6 is 0 Å². The molecule has 0 unspecified atom stereocenters. The van der Waals surface area contributed by atoms with Crippen molar-refractivity contribution in [1.82, 2.24) is 4.98 Å². The lowest BCUT2D eigenvalue weighted by molar-refractivity contribution is -0.274. The maximum atomic E-state index is 12.2. The van der Waals surface area contributed by atoms with Gasteiger partial charge in [-0.05, 0) is 30.3 Å². The molecule has 0 aliphatic rings. The fraction of sp³-hybridized carbons (Fsp3) is 0.0667. The number of nitrogens with zero attached hydrogens (tertiary/aromatic N) is 1. The summed E-state index contributed by atoms with van der Waals surface area (Å²) in [5, 5.41) is 0.300. The van der Waals surface area contributed by atoms with E-state index in [1.54, 1.807) is 24.3 Å². The molecular formula is C15H8F3NO3. The van der Waals surface area contributed by atoms with Crippen molar-refractivity contribution in [3.63, 3.8) is 0 Å². The van der Waals surface area contributed by atoms with E-state index in [2.05, 4.69) is 9.72 Å². The summed E-state index contributed by atoms with van der Waals surface area (Å²) in [6, 6.07) is 11.6. The predicted octanol–water partition coefficient (Wildman–Crippen LogP) is 3.75. The third-order valence-electron chi connectivity index (χ3n) is 2.85. The lowest BCUT2D eigenvalue weighted by Crippen LogP contribution is -2.17. The fourth-order valence-electron chi connectivity index (χ4n) is 1.97. The summed E-state index contributed by atoms with van der Waals surface area (Å²) in [7, 11) is 0. The van der Waals surface area contributed by atoms with E-state index in [1.807, 2.05) is 0 Å². The molecule has 0 spiro atoms. The molecule has 0 saturated heterocycles. The first-order chi connectivity index (χ1) is 10.4. The number of alkyl halides is 3. The SMILES string of the molecule is O=c1oc(-c2cccc(OC(F)(F)F)c2)nc2ccccc12. The van der Waals surface area contributed by atoms with Gasteiger partial charge in [-0.2, -0.15) is 0 Å². The standard InChI is InChI=1S/C15H8F3NO3/c16-15(17,18)22-10-5-3-4-9(8-10)13-19-12-7-2-1-6-11(12)14(20)21-13/h1-8H. The van der Waals surface area contributed by atoms with E-state index in [-0.39, 0.29) is 11.5 Å². The van der Waals surface area contributed by atoms with Gasteiger partial charge in [-0.25, -0.2) is 9.78 Å². The van der Waals surface area contributed by atoms with Crippen molar-refractivity contribution in [2.75, 3.05) is 0 Å². The second kappa shape index (κ2) is 5.18. The van der Waals surface area contributed by atoms with Gasteiger partial charge >= 0.3 is 12.0 Å². The van der Waals surface area contributed by atoms with Gasteiger partial charge in [-0.1, -0.05) is 18.2 Å². The molecule has 0 fully saturated rings. The van der Waals surface area contributed by atoms with Gasteiger partial charge in [-0.15, -0.1) is 13.2 Å². The van der Waals surface area contributed by atoms with Gasteiger partial charge in [0.15, 0.2) is 0 Å². The Morgan fingerprint density at radius 3 is 2.59 bits per heavy atom. The van der Waals surface area contributed by atoms with Gasteiger partial charge in [0.1, 0.15) is 5.75 Å². The summed E-state index contributed by atoms with van der Waals surface area (Å²) in [5.41, 5.74) is 0.00300. The molecule has 0 atom stereocenters. The molecule has 3 aromatic rings. The van der Waals surface area contributed by atoms with Crippen molar-refractivity contribution in [3.05, 3.63) is 59.0 Å². The van der Waals surface area contributed by atoms with Gasteiger partial charge in [0.05, 0.1) is 10.9 Å². The van der Waals surface area contributed by atoms with Crippen molar-refractivity contribution >= 4 is 10.9 Å². The molecule has 1 aromatic heterocycles. The summed E-state index contributed by atoms with van der Waals surface area (Å²) in [6.07, 6.45) is -4.80.